The number of imidazole rings is 1. The van der Waals surface area contributed by atoms with Crippen molar-refractivity contribution in [2.75, 3.05) is 5.32 Å². The van der Waals surface area contributed by atoms with E-state index in [4.69, 9.17) is 4.98 Å². The minimum absolute atomic E-state index is 0.163. The first-order chi connectivity index (χ1) is 15.2. The van der Waals surface area contributed by atoms with Gasteiger partial charge in [-0.3, -0.25) is 9.36 Å². The molecule has 1 aromatic heterocycles. The predicted molar refractivity (Wildman–Crippen MR) is 123 cm³/mol. The monoisotopic (exact) mass is 405 g/mol. The maximum Gasteiger partial charge on any atom is 0.209 e. The van der Waals surface area contributed by atoms with Crippen molar-refractivity contribution in [1.29, 1.82) is 0 Å². The van der Waals surface area contributed by atoms with Crippen LogP contribution in [0.3, 0.4) is 0 Å². The first kappa shape index (κ1) is 18.1. The second kappa shape index (κ2) is 6.95. The van der Waals surface area contributed by atoms with Crippen molar-refractivity contribution in [3.8, 4) is 0 Å². The van der Waals surface area contributed by atoms with Crippen LogP contribution in [-0.2, 0) is 4.79 Å². The van der Waals surface area contributed by atoms with Crippen LogP contribution in [0.2, 0.25) is 0 Å². The van der Waals surface area contributed by atoms with Gasteiger partial charge in [-0.2, -0.15) is 0 Å². The maximum absolute atomic E-state index is 13.6. The Kier molecular flexibility index (Phi) is 4.06. The molecular formula is C27H23N3O. The lowest BCUT2D eigenvalue weighted by Crippen LogP contribution is -2.33. The van der Waals surface area contributed by atoms with Gasteiger partial charge in [-0.1, -0.05) is 72.3 Å². The fraction of sp³-hybridized carbons (Fsp3) is 0.185. The normalized spacial score (nSPS) is 20.4. The fourth-order valence-corrected chi connectivity index (χ4v) is 5.05. The van der Waals surface area contributed by atoms with Crippen molar-refractivity contribution in [2.24, 2.45) is 0 Å². The number of allylic oxidation sites excluding steroid dienone is 2. The highest BCUT2D eigenvalue weighted by Gasteiger charge is 2.39. The van der Waals surface area contributed by atoms with Crippen LogP contribution in [0.4, 0.5) is 5.95 Å². The van der Waals surface area contributed by atoms with Gasteiger partial charge in [0, 0.05) is 17.7 Å². The van der Waals surface area contributed by atoms with Crippen molar-refractivity contribution in [3.63, 3.8) is 0 Å². The largest absolute Gasteiger partial charge is 0.329 e. The molecule has 0 saturated carbocycles. The van der Waals surface area contributed by atoms with E-state index < -0.39 is 0 Å². The van der Waals surface area contributed by atoms with E-state index in [0.29, 0.717) is 6.42 Å². The Balaban J connectivity index is 1.54. The van der Waals surface area contributed by atoms with E-state index in [0.717, 1.165) is 40.2 Å². The molecule has 1 aliphatic heterocycles. The van der Waals surface area contributed by atoms with Crippen LogP contribution in [0.15, 0.2) is 90.1 Å². The molecule has 0 fully saturated rings. The number of nitrogens with zero attached hydrogens (tertiary/aromatic N) is 2. The maximum atomic E-state index is 13.6. The number of rotatable bonds is 2. The van der Waals surface area contributed by atoms with E-state index in [1.54, 1.807) is 0 Å². The summed E-state index contributed by atoms with van der Waals surface area (Å²) >= 11 is 0. The van der Waals surface area contributed by atoms with Gasteiger partial charge in [-0.25, -0.2) is 4.98 Å². The van der Waals surface area contributed by atoms with Gasteiger partial charge in [-0.15, -0.1) is 0 Å². The molecular weight excluding hydrogens is 382 g/mol. The SMILES string of the molecule is Cc1ccc([C@@H]2C3=C(C[C@H](c4ccccc4)CC3=O)Nc3nc4ccccc4n32)cc1. The number of hydrogen-bond donors (Lipinski definition) is 1. The van der Waals surface area contributed by atoms with Crippen LogP contribution < -0.4 is 5.32 Å². The summed E-state index contributed by atoms with van der Waals surface area (Å²) < 4.78 is 2.19. The average Bonchev–Trinajstić information content (AvgIpc) is 3.17. The first-order valence-electron chi connectivity index (χ1n) is 10.8. The summed E-state index contributed by atoms with van der Waals surface area (Å²) in [6.45, 7) is 2.09. The molecule has 1 aliphatic carbocycles. The van der Waals surface area contributed by atoms with Crippen LogP contribution in [0, 0.1) is 6.92 Å². The van der Waals surface area contributed by atoms with Crippen molar-refractivity contribution in [1.82, 2.24) is 9.55 Å². The number of Topliss-reactive ketones (excluding diaryl/α,β-unsaturated/α-hetero) is 1. The van der Waals surface area contributed by atoms with E-state index in [1.807, 2.05) is 36.4 Å². The number of fused-ring (bicyclic) bond motifs is 3. The van der Waals surface area contributed by atoms with Crippen LogP contribution in [0.25, 0.3) is 11.0 Å². The Bertz CT molecular complexity index is 1330. The number of aryl methyl sites for hydroxylation is 1. The Hall–Kier alpha value is -3.66. The third-order valence-corrected chi connectivity index (χ3v) is 6.56. The third kappa shape index (κ3) is 2.90. The van der Waals surface area contributed by atoms with Gasteiger partial charge in [0.15, 0.2) is 5.78 Å². The zero-order chi connectivity index (χ0) is 20.9. The molecule has 2 atom stereocenters. The van der Waals surface area contributed by atoms with Gasteiger partial charge >= 0.3 is 0 Å². The van der Waals surface area contributed by atoms with Gasteiger partial charge in [0.1, 0.15) is 0 Å². The molecule has 0 bridgehead atoms. The molecule has 4 nitrogen and oxygen atoms in total. The molecule has 152 valence electrons. The van der Waals surface area contributed by atoms with Gasteiger partial charge < -0.3 is 5.32 Å². The molecule has 4 heteroatoms. The molecule has 4 aromatic rings. The zero-order valence-electron chi connectivity index (χ0n) is 17.4. The van der Waals surface area contributed by atoms with Gasteiger partial charge in [-0.05, 0) is 42.5 Å². The Morgan fingerprint density at radius 3 is 2.42 bits per heavy atom. The van der Waals surface area contributed by atoms with Gasteiger partial charge in [0.2, 0.25) is 5.95 Å². The van der Waals surface area contributed by atoms with Crippen molar-refractivity contribution in [3.05, 3.63) is 107 Å². The van der Waals surface area contributed by atoms with Crippen LogP contribution in [-0.4, -0.2) is 15.3 Å². The summed E-state index contributed by atoms with van der Waals surface area (Å²) in [7, 11) is 0. The van der Waals surface area contributed by atoms with Crippen LogP contribution >= 0.6 is 0 Å². The van der Waals surface area contributed by atoms with Crippen LogP contribution in [0.1, 0.15) is 41.5 Å². The molecule has 2 aliphatic rings. The lowest BCUT2D eigenvalue weighted by atomic mass is 9.77. The summed E-state index contributed by atoms with van der Waals surface area (Å²) in [5.74, 6) is 1.22. The molecule has 0 amide bonds. The number of hydrogen-bond acceptors (Lipinski definition) is 3. The lowest BCUT2D eigenvalue weighted by Gasteiger charge is -2.36. The first-order valence-corrected chi connectivity index (χ1v) is 10.8. The zero-order valence-corrected chi connectivity index (χ0v) is 17.4. The predicted octanol–water partition coefficient (Wildman–Crippen LogP) is 5.76. The van der Waals surface area contributed by atoms with Gasteiger partial charge in [0.25, 0.3) is 0 Å². The fourth-order valence-electron chi connectivity index (χ4n) is 5.05. The number of benzene rings is 3. The minimum Gasteiger partial charge on any atom is -0.329 e. The average molecular weight is 406 g/mol. The Labute approximate surface area is 181 Å². The number of carbonyl (C=O) groups is 1. The summed E-state index contributed by atoms with van der Waals surface area (Å²) in [5.41, 5.74) is 7.42. The topological polar surface area (TPSA) is 46.9 Å². The van der Waals surface area contributed by atoms with Crippen LogP contribution in [0.5, 0.6) is 0 Å². The summed E-state index contributed by atoms with van der Waals surface area (Å²) in [5, 5.41) is 3.54. The Morgan fingerprint density at radius 1 is 0.871 bits per heavy atom. The minimum atomic E-state index is -0.163. The molecule has 0 radical (unpaired) electrons. The van der Waals surface area contributed by atoms with E-state index in [9.17, 15) is 4.79 Å². The third-order valence-electron chi connectivity index (χ3n) is 6.56. The molecule has 0 saturated heterocycles. The standard InChI is InChI=1S/C27H23N3O/c1-17-11-13-19(14-12-17)26-25-22(15-20(16-24(25)31)18-7-3-2-4-8-18)29-27-28-21-9-5-6-10-23(21)30(26)27/h2-14,20,26H,15-16H2,1H3,(H,28,29)/t20-,26+/m0/s1. The van der Waals surface area contributed by atoms with E-state index in [-0.39, 0.29) is 17.7 Å². The molecule has 2 heterocycles. The smallest absolute Gasteiger partial charge is 0.209 e. The van der Waals surface area contributed by atoms with Crippen molar-refractivity contribution >= 4 is 22.8 Å². The molecule has 31 heavy (non-hydrogen) atoms. The molecule has 1 N–H and O–H groups in total. The van der Waals surface area contributed by atoms with Crippen molar-refractivity contribution < 1.29 is 4.79 Å². The number of aromatic nitrogens is 2. The molecule has 0 unspecified atom stereocenters. The molecule has 0 spiro atoms. The summed E-state index contributed by atoms with van der Waals surface area (Å²) in [6.07, 6.45) is 1.35. The number of anilines is 1. The lowest BCUT2D eigenvalue weighted by molar-refractivity contribution is -0.116. The Morgan fingerprint density at radius 2 is 1.61 bits per heavy atom. The number of para-hydroxylation sites is 2. The van der Waals surface area contributed by atoms with E-state index in [2.05, 4.69) is 59.3 Å². The van der Waals surface area contributed by atoms with E-state index in [1.165, 1.54) is 11.1 Å². The molecule has 3 aromatic carbocycles. The quantitative estimate of drug-likeness (QED) is 0.461. The number of carbonyl (C=O) groups excluding carboxylic acids is 1. The molecule has 6 rings (SSSR count). The van der Waals surface area contributed by atoms with E-state index >= 15 is 0 Å². The highest BCUT2D eigenvalue weighted by molar-refractivity contribution is 6.01. The second-order valence-electron chi connectivity index (χ2n) is 8.56. The highest BCUT2D eigenvalue weighted by atomic mass is 16.1. The number of nitrogens with one attached hydrogen (secondary N) is 1. The van der Waals surface area contributed by atoms with Gasteiger partial charge in [0.05, 0.1) is 17.1 Å². The number of ketones is 1. The summed E-state index contributed by atoms with van der Waals surface area (Å²) in [4.78, 5) is 18.5. The second-order valence-corrected chi connectivity index (χ2v) is 8.56. The van der Waals surface area contributed by atoms with Crippen molar-refractivity contribution in [2.45, 2.75) is 31.7 Å². The summed E-state index contributed by atoms with van der Waals surface area (Å²) in [6, 6.07) is 26.9. The highest BCUT2D eigenvalue weighted by Crippen LogP contribution is 2.45.